The lowest BCUT2D eigenvalue weighted by atomic mass is 9.94. The number of aromatic carboxylic acids is 1. The second-order valence-corrected chi connectivity index (χ2v) is 8.61. The second kappa shape index (κ2) is 9.10. The number of carbonyl (C=O) groups is 1. The van der Waals surface area contributed by atoms with Crippen LogP contribution in [0.1, 0.15) is 53.4 Å². The fourth-order valence-electron chi connectivity index (χ4n) is 4.47. The summed E-state index contributed by atoms with van der Waals surface area (Å²) in [7, 11) is 0. The van der Waals surface area contributed by atoms with Gasteiger partial charge in [-0.15, -0.1) is 0 Å². The highest BCUT2D eigenvalue weighted by Crippen LogP contribution is 2.46. The van der Waals surface area contributed by atoms with Gasteiger partial charge in [-0.25, -0.2) is 9.18 Å². The van der Waals surface area contributed by atoms with Crippen molar-refractivity contribution in [3.63, 3.8) is 0 Å². The van der Waals surface area contributed by atoms with Gasteiger partial charge in [0.15, 0.2) is 0 Å². The summed E-state index contributed by atoms with van der Waals surface area (Å²) < 4.78 is 19.4. The summed E-state index contributed by atoms with van der Waals surface area (Å²) in [5, 5.41) is 9.99. The molecule has 0 amide bonds. The van der Waals surface area contributed by atoms with Crippen LogP contribution in [-0.2, 0) is 6.61 Å². The molecule has 0 fully saturated rings. The topological polar surface area (TPSA) is 49.8 Å². The van der Waals surface area contributed by atoms with E-state index in [9.17, 15) is 14.3 Å². The molecule has 1 aliphatic rings. The number of anilines is 1. The fourth-order valence-corrected chi connectivity index (χ4v) is 4.47. The molecule has 5 heteroatoms. The highest BCUT2D eigenvalue weighted by Gasteiger charge is 2.40. The van der Waals surface area contributed by atoms with E-state index in [1.54, 1.807) is 12.1 Å². The minimum atomic E-state index is -0.937. The van der Waals surface area contributed by atoms with Crippen LogP contribution < -0.4 is 9.64 Å². The first kappa shape index (κ1) is 22.6. The largest absolute Gasteiger partial charge is 0.489 e. The lowest BCUT2D eigenvalue weighted by molar-refractivity contribution is 0.0696. The van der Waals surface area contributed by atoms with Crippen molar-refractivity contribution in [3.8, 4) is 5.75 Å². The van der Waals surface area contributed by atoms with E-state index in [0.717, 1.165) is 23.1 Å². The Bertz CT molecular complexity index is 1190. The van der Waals surface area contributed by atoms with Crippen molar-refractivity contribution in [1.82, 2.24) is 0 Å². The zero-order valence-corrected chi connectivity index (χ0v) is 19.1. The van der Waals surface area contributed by atoms with Crippen LogP contribution in [0.5, 0.6) is 5.75 Å². The first-order valence-electron chi connectivity index (χ1n) is 11.1. The third-order valence-corrected chi connectivity index (χ3v) is 6.45. The molecule has 2 atom stereocenters. The van der Waals surface area contributed by atoms with Gasteiger partial charge in [-0.3, -0.25) is 0 Å². The molecular weight excluding hydrogens is 417 g/mol. The number of nitrogens with zero attached hydrogens (tertiary/aromatic N) is 1. The van der Waals surface area contributed by atoms with Crippen molar-refractivity contribution >= 4 is 11.7 Å². The molecule has 3 aromatic rings. The Morgan fingerprint density at radius 1 is 1.09 bits per heavy atom. The number of para-hydroxylation sites is 1. The van der Waals surface area contributed by atoms with Crippen LogP contribution in [0.3, 0.4) is 0 Å². The van der Waals surface area contributed by atoms with Crippen molar-refractivity contribution < 1.29 is 19.0 Å². The van der Waals surface area contributed by atoms with Crippen molar-refractivity contribution in [2.75, 3.05) is 4.90 Å². The molecule has 170 valence electrons. The maximum absolute atomic E-state index is 13.3. The van der Waals surface area contributed by atoms with E-state index in [1.165, 1.54) is 12.1 Å². The summed E-state index contributed by atoms with van der Waals surface area (Å²) in [6, 6.07) is 19.5. The van der Waals surface area contributed by atoms with Crippen LogP contribution in [-0.4, -0.2) is 16.6 Å². The third-order valence-electron chi connectivity index (χ3n) is 6.45. The Labute approximate surface area is 193 Å². The van der Waals surface area contributed by atoms with Gasteiger partial charge in [-0.2, -0.15) is 0 Å². The normalized spacial score (nSPS) is 19.6. The molecule has 0 bridgehead atoms. The number of benzene rings is 3. The Balaban J connectivity index is 1.74. The summed E-state index contributed by atoms with van der Waals surface area (Å²) >= 11 is 0. The van der Waals surface area contributed by atoms with E-state index < -0.39 is 5.97 Å². The van der Waals surface area contributed by atoms with Crippen LogP contribution in [0.2, 0.25) is 0 Å². The molecule has 1 heterocycles. The summed E-state index contributed by atoms with van der Waals surface area (Å²) in [4.78, 5) is 14.4. The Kier molecular flexibility index (Phi) is 6.23. The average molecular weight is 446 g/mol. The molecule has 0 saturated heterocycles. The van der Waals surface area contributed by atoms with Crippen molar-refractivity contribution in [1.29, 1.82) is 0 Å². The van der Waals surface area contributed by atoms with E-state index in [0.29, 0.717) is 23.6 Å². The van der Waals surface area contributed by atoms with Gasteiger partial charge >= 0.3 is 5.97 Å². The van der Waals surface area contributed by atoms with E-state index in [1.807, 2.05) is 49.4 Å². The van der Waals surface area contributed by atoms with Crippen molar-refractivity contribution in [2.24, 2.45) is 0 Å². The molecule has 2 unspecified atom stereocenters. The number of carboxylic acids is 1. The SMILES string of the molecule is CCC1(C)C=CC(c2ccccc2OCc2ccc(F)cc2)N1c1cccc(C)c1C(=O)O. The zero-order valence-electron chi connectivity index (χ0n) is 19.1. The Morgan fingerprint density at radius 2 is 1.82 bits per heavy atom. The number of hydrogen-bond donors (Lipinski definition) is 1. The predicted molar refractivity (Wildman–Crippen MR) is 128 cm³/mol. The van der Waals surface area contributed by atoms with E-state index in [-0.39, 0.29) is 17.4 Å². The molecule has 1 aliphatic heterocycles. The maximum Gasteiger partial charge on any atom is 0.338 e. The van der Waals surface area contributed by atoms with Gasteiger partial charge in [0.2, 0.25) is 0 Å². The lowest BCUT2D eigenvalue weighted by Gasteiger charge is -2.41. The quantitative estimate of drug-likeness (QED) is 0.411. The highest BCUT2D eigenvalue weighted by atomic mass is 19.1. The highest BCUT2D eigenvalue weighted by molar-refractivity contribution is 5.96. The molecule has 3 aromatic carbocycles. The van der Waals surface area contributed by atoms with Crippen LogP contribution in [0.4, 0.5) is 10.1 Å². The van der Waals surface area contributed by atoms with Gasteiger partial charge in [0, 0.05) is 5.56 Å². The van der Waals surface area contributed by atoms with Crippen molar-refractivity contribution in [2.45, 2.75) is 45.4 Å². The summed E-state index contributed by atoms with van der Waals surface area (Å²) in [5.41, 5.74) is 3.20. The number of rotatable bonds is 7. The number of aryl methyl sites for hydroxylation is 1. The molecule has 0 radical (unpaired) electrons. The third kappa shape index (κ3) is 4.36. The lowest BCUT2D eigenvalue weighted by Crippen LogP contribution is -2.43. The molecule has 0 saturated carbocycles. The molecule has 4 nitrogen and oxygen atoms in total. The summed E-state index contributed by atoms with van der Waals surface area (Å²) in [6.07, 6.45) is 5.09. The Morgan fingerprint density at radius 3 is 2.52 bits per heavy atom. The van der Waals surface area contributed by atoms with Gasteiger partial charge < -0.3 is 14.7 Å². The molecule has 0 spiro atoms. The first-order valence-corrected chi connectivity index (χ1v) is 11.1. The number of carboxylic acid groups (broad SMARTS) is 1. The standard InChI is InChI=1S/C28H28FNO3/c1-4-28(3)17-16-23(30(28)24-10-7-8-19(2)26(24)27(31)32)22-9-5-6-11-25(22)33-18-20-12-14-21(29)15-13-20/h5-17,23H,4,18H2,1-3H3,(H,31,32). The zero-order chi connectivity index (χ0) is 23.6. The van der Waals surface area contributed by atoms with E-state index in [2.05, 4.69) is 30.9 Å². The fraction of sp³-hybridized carbons (Fsp3) is 0.250. The molecule has 0 aliphatic carbocycles. The van der Waals surface area contributed by atoms with E-state index in [4.69, 9.17) is 4.74 Å². The molecule has 0 aromatic heterocycles. The molecular formula is C28H28FNO3. The molecule has 33 heavy (non-hydrogen) atoms. The van der Waals surface area contributed by atoms with Crippen LogP contribution in [0.25, 0.3) is 0 Å². The van der Waals surface area contributed by atoms with Gasteiger partial charge in [-0.1, -0.05) is 61.5 Å². The Hall–Kier alpha value is -3.60. The second-order valence-electron chi connectivity index (χ2n) is 8.61. The van der Waals surface area contributed by atoms with Gasteiger partial charge in [-0.05, 0) is 55.7 Å². The number of ether oxygens (including phenoxy) is 1. The van der Waals surface area contributed by atoms with Gasteiger partial charge in [0.25, 0.3) is 0 Å². The van der Waals surface area contributed by atoms with Crippen LogP contribution in [0, 0.1) is 12.7 Å². The first-order chi connectivity index (χ1) is 15.8. The van der Waals surface area contributed by atoms with Gasteiger partial charge in [0.1, 0.15) is 18.2 Å². The van der Waals surface area contributed by atoms with E-state index >= 15 is 0 Å². The summed E-state index contributed by atoms with van der Waals surface area (Å²) in [5.74, 6) is -0.503. The summed E-state index contributed by atoms with van der Waals surface area (Å²) in [6.45, 7) is 6.37. The average Bonchev–Trinajstić information content (AvgIpc) is 3.16. The molecule has 1 N–H and O–H groups in total. The number of halogens is 1. The predicted octanol–water partition coefficient (Wildman–Crippen LogP) is 6.70. The number of hydrogen-bond acceptors (Lipinski definition) is 3. The van der Waals surface area contributed by atoms with Crippen LogP contribution in [0.15, 0.2) is 78.9 Å². The molecule has 4 rings (SSSR count). The van der Waals surface area contributed by atoms with Gasteiger partial charge in [0.05, 0.1) is 22.8 Å². The van der Waals surface area contributed by atoms with Crippen molar-refractivity contribution in [3.05, 3.63) is 107 Å². The monoisotopic (exact) mass is 445 g/mol. The maximum atomic E-state index is 13.3. The van der Waals surface area contributed by atoms with Crippen LogP contribution >= 0.6 is 0 Å². The smallest absolute Gasteiger partial charge is 0.338 e. The minimum Gasteiger partial charge on any atom is -0.489 e. The minimum absolute atomic E-state index is 0.195.